The number of hydrogen-bond acceptors (Lipinski definition) is 3. The molecule has 20 heavy (non-hydrogen) atoms. The second-order valence-electron chi connectivity index (χ2n) is 4.95. The third kappa shape index (κ3) is 4.49. The van der Waals surface area contributed by atoms with Crippen LogP contribution in [0.4, 0.5) is 0 Å². The number of ether oxygens (including phenoxy) is 1. The highest BCUT2D eigenvalue weighted by atomic mass is 32.1. The van der Waals surface area contributed by atoms with Gasteiger partial charge in [-0.05, 0) is 37.5 Å². The van der Waals surface area contributed by atoms with Crippen LogP contribution >= 0.6 is 12.2 Å². The average molecular weight is 294 g/mol. The average Bonchev–Trinajstić information content (AvgIpc) is 2.45. The van der Waals surface area contributed by atoms with Crippen molar-refractivity contribution in [3.05, 3.63) is 29.8 Å². The molecule has 1 amide bonds. The van der Waals surface area contributed by atoms with Crippen LogP contribution < -0.4 is 15.8 Å². The summed E-state index contributed by atoms with van der Waals surface area (Å²) in [6.07, 6.45) is 1.76. The zero-order valence-electron chi connectivity index (χ0n) is 12.2. The maximum atomic E-state index is 12.0. The van der Waals surface area contributed by atoms with Gasteiger partial charge in [0.2, 0.25) is 5.91 Å². The molecule has 0 heterocycles. The second-order valence-corrected chi connectivity index (χ2v) is 5.39. The van der Waals surface area contributed by atoms with Crippen molar-refractivity contribution in [3.8, 4) is 5.75 Å². The summed E-state index contributed by atoms with van der Waals surface area (Å²) in [5.74, 6) is 0.767. The maximum absolute atomic E-state index is 12.0. The van der Waals surface area contributed by atoms with E-state index in [1.54, 1.807) is 7.11 Å². The Kier molecular flexibility index (Phi) is 5.95. The molecule has 0 aliphatic rings. The molecule has 110 valence electrons. The molecule has 1 unspecified atom stereocenters. The van der Waals surface area contributed by atoms with Gasteiger partial charge in [0.1, 0.15) is 5.75 Å². The molecular weight excluding hydrogens is 272 g/mol. The van der Waals surface area contributed by atoms with Gasteiger partial charge in [-0.3, -0.25) is 4.79 Å². The third-order valence-corrected chi connectivity index (χ3v) is 3.92. The Bertz CT molecular complexity index is 473. The SMILES string of the molecule is CCC(C)(NC(=O)CCc1ccc(OC)cc1)C(N)=S. The van der Waals surface area contributed by atoms with Crippen LogP contribution in [0.2, 0.25) is 0 Å². The molecule has 4 nitrogen and oxygen atoms in total. The first-order valence-electron chi connectivity index (χ1n) is 6.65. The fraction of sp³-hybridized carbons (Fsp3) is 0.467. The molecule has 0 fully saturated rings. The summed E-state index contributed by atoms with van der Waals surface area (Å²) in [5, 5.41) is 2.91. The first-order chi connectivity index (χ1) is 9.41. The van der Waals surface area contributed by atoms with Crippen LogP contribution in [0.15, 0.2) is 24.3 Å². The minimum Gasteiger partial charge on any atom is -0.497 e. The van der Waals surface area contributed by atoms with E-state index >= 15 is 0 Å². The molecule has 0 spiro atoms. The topological polar surface area (TPSA) is 64.3 Å². The van der Waals surface area contributed by atoms with E-state index in [-0.39, 0.29) is 5.91 Å². The number of hydrogen-bond donors (Lipinski definition) is 2. The van der Waals surface area contributed by atoms with Gasteiger partial charge in [0.05, 0.1) is 17.6 Å². The molecule has 0 saturated carbocycles. The molecule has 1 aromatic rings. The fourth-order valence-electron chi connectivity index (χ4n) is 1.74. The summed E-state index contributed by atoms with van der Waals surface area (Å²) in [4.78, 5) is 12.3. The quantitative estimate of drug-likeness (QED) is 0.757. The van der Waals surface area contributed by atoms with E-state index in [1.807, 2.05) is 38.1 Å². The molecule has 3 N–H and O–H groups in total. The van der Waals surface area contributed by atoms with E-state index in [9.17, 15) is 4.79 Å². The van der Waals surface area contributed by atoms with Gasteiger partial charge < -0.3 is 15.8 Å². The fourth-order valence-corrected chi connectivity index (χ4v) is 1.94. The highest BCUT2D eigenvalue weighted by Gasteiger charge is 2.27. The first-order valence-corrected chi connectivity index (χ1v) is 7.06. The number of carbonyl (C=O) groups excluding carboxylic acids is 1. The van der Waals surface area contributed by atoms with Gasteiger partial charge in [-0.1, -0.05) is 31.3 Å². The maximum Gasteiger partial charge on any atom is 0.221 e. The summed E-state index contributed by atoms with van der Waals surface area (Å²) in [7, 11) is 1.63. The number of thiocarbonyl (C=S) groups is 1. The minimum absolute atomic E-state index is 0.0435. The van der Waals surface area contributed by atoms with Gasteiger partial charge in [-0.25, -0.2) is 0 Å². The Morgan fingerprint density at radius 2 is 2.00 bits per heavy atom. The molecule has 0 saturated heterocycles. The Labute approximate surface area is 125 Å². The predicted molar refractivity (Wildman–Crippen MR) is 84.9 cm³/mol. The minimum atomic E-state index is -0.605. The molecule has 0 radical (unpaired) electrons. The Morgan fingerprint density at radius 1 is 1.40 bits per heavy atom. The summed E-state index contributed by atoms with van der Waals surface area (Å²) in [5.41, 5.74) is 6.16. The van der Waals surface area contributed by atoms with Crippen LogP contribution in [0.3, 0.4) is 0 Å². The van der Waals surface area contributed by atoms with E-state index in [4.69, 9.17) is 22.7 Å². The van der Waals surface area contributed by atoms with Gasteiger partial charge in [0, 0.05) is 6.42 Å². The first kappa shape index (κ1) is 16.4. The molecule has 1 aromatic carbocycles. The number of nitrogens with two attached hydrogens (primary N) is 1. The number of carbonyl (C=O) groups is 1. The van der Waals surface area contributed by atoms with E-state index in [0.29, 0.717) is 24.3 Å². The van der Waals surface area contributed by atoms with Crippen LogP contribution in [0, 0.1) is 0 Å². The van der Waals surface area contributed by atoms with Crippen LogP contribution in [0.25, 0.3) is 0 Å². The summed E-state index contributed by atoms with van der Waals surface area (Å²) >= 11 is 5.00. The normalized spacial score (nSPS) is 13.3. The molecule has 0 aromatic heterocycles. The van der Waals surface area contributed by atoms with E-state index in [0.717, 1.165) is 11.3 Å². The standard InChI is InChI=1S/C15H22N2O2S/c1-4-15(2,14(16)20)17-13(18)10-7-11-5-8-12(19-3)9-6-11/h5-6,8-9H,4,7,10H2,1-3H3,(H2,16,20)(H,17,18). The monoisotopic (exact) mass is 294 g/mol. The Balaban J connectivity index is 2.52. The number of nitrogens with one attached hydrogen (secondary N) is 1. The molecule has 0 aliphatic carbocycles. The number of rotatable bonds is 7. The lowest BCUT2D eigenvalue weighted by Gasteiger charge is -2.28. The second kappa shape index (κ2) is 7.24. The third-order valence-electron chi connectivity index (χ3n) is 3.47. The van der Waals surface area contributed by atoms with E-state index in [2.05, 4.69) is 5.32 Å². The lowest BCUT2D eigenvalue weighted by atomic mass is 9.98. The van der Waals surface area contributed by atoms with Crippen LogP contribution in [0.1, 0.15) is 32.3 Å². The zero-order valence-corrected chi connectivity index (χ0v) is 13.0. The Morgan fingerprint density at radius 3 is 2.45 bits per heavy atom. The lowest BCUT2D eigenvalue weighted by Crippen LogP contribution is -2.54. The number of methoxy groups -OCH3 is 1. The van der Waals surface area contributed by atoms with Crippen molar-refractivity contribution in [1.82, 2.24) is 5.32 Å². The van der Waals surface area contributed by atoms with Gasteiger partial charge in [0.25, 0.3) is 0 Å². The van der Waals surface area contributed by atoms with Crippen molar-refractivity contribution in [2.75, 3.05) is 7.11 Å². The van der Waals surface area contributed by atoms with E-state index < -0.39 is 5.54 Å². The van der Waals surface area contributed by atoms with Crippen LogP contribution in [-0.2, 0) is 11.2 Å². The summed E-state index contributed by atoms with van der Waals surface area (Å²) in [6.45, 7) is 3.80. The molecular formula is C15H22N2O2S. The van der Waals surface area contributed by atoms with Crippen molar-refractivity contribution in [1.29, 1.82) is 0 Å². The number of benzene rings is 1. The van der Waals surface area contributed by atoms with Crippen molar-refractivity contribution in [3.63, 3.8) is 0 Å². The van der Waals surface area contributed by atoms with Crippen LogP contribution in [-0.4, -0.2) is 23.5 Å². The van der Waals surface area contributed by atoms with Crippen LogP contribution in [0.5, 0.6) is 5.75 Å². The summed E-state index contributed by atoms with van der Waals surface area (Å²) in [6, 6.07) is 7.69. The highest BCUT2D eigenvalue weighted by Crippen LogP contribution is 2.14. The van der Waals surface area contributed by atoms with Crippen molar-refractivity contribution in [2.24, 2.45) is 5.73 Å². The van der Waals surface area contributed by atoms with Crippen molar-refractivity contribution >= 4 is 23.1 Å². The molecule has 1 rings (SSSR count). The van der Waals surface area contributed by atoms with E-state index in [1.165, 1.54) is 0 Å². The van der Waals surface area contributed by atoms with Crippen molar-refractivity contribution < 1.29 is 9.53 Å². The molecule has 1 atom stereocenters. The highest BCUT2D eigenvalue weighted by molar-refractivity contribution is 7.80. The van der Waals surface area contributed by atoms with Gasteiger partial charge >= 0.3 is 0 Å². The zero-order chi connectivity index (χ0) is 15.2. The smallest absolute Gasteiger partial charge is 0.221 e. The Hall–Kier alpha value is -1.62. The largest absolute Gasteiger partial charge is 0.497 e. The predicted octanol–water partition coefficient (Wildman–Crippen LogP) is 2.20. The van der Waals surface area contributed by atoms with Gasteiger partial charge in [-0.15, -0.1) is 0 Å². The van der Waals surface area contributed by atoms with Gasteiger partial charge in [-0.2, -0.15) is 0 Å². The number of amides is 1. The molecule has 5 heteroatoms. The van der Waals surface area contributed by atoms with Crippen molar-refractivity contribution in [2.45, 2.75) is 38.6 Å². The number of aryl methyl sites for hydroxylation is 1. The molecule has 0 aliphatic heterocycles. The molecule has 0 bridgehead atoms. The summed E-state index contributed by atoms with van der Waals surface area (Å²) < 4.78 is 5.09. The lowest BCUT2D eigenvalue weighted by molar-refractivity contribution is -0.122. The van der Waals surface area contributed by atoms with Gasteiger partial charge in [0.15, 0.2) is 0 Å².